The van der Waals surface area contributed by atoms with Crippen molar-refractivity contribution in [1.29, 1.82) is 0 Å². The van der Waals surface area contributed by atoms with Gasteiger partial charge in [0.2, 0.25) is 0 Å². The molecular weight excluding hydrogens is 300 g/mol. The number of hydrogen-bond acceptors (Lipinski definition) is 0. The van der Waals surface area contributed by atoms with Crippen LogP contribution in [0.25, 0.3) is 0 Å². The average molecular weight is 324 g/mol. The van der Waals surface area contributed by atoms with Gasteiger partial charge in [0.05, 0.1) is 0 Å². The van der Waals surface area contributed by atoms with Gasteiger partial charge < -0.3 is 0 Å². The number of rotatable bonds is 4. The summed E-state index contributed by atoms with van der Waals surface area (Å²) in [6, 6.07) is 22.0. The third-order valence-corrected chi connectivity index (χ3v) is 6.12. The molecule has 0 aromatic heterocycles. The maximum Gasteiger partial charge on any atom is 0.0425 e. The lowest BCUT2D eigenvalue weighted by Crippen LogP contribution is -2.48. The molecule has 0 heteroatoms. The summed E-state index contributed by atoms with van der Waals surface area (Å²) >= 11 is 0. The molecular formula is C25H24. The van der Waals surface area contributed by atoms with Gasteiger partial charge in [-0.15, -0.1) is 0 Å². The quantitative estimate of drug-likeness (QED) is 0.624. The van der Waals surface area contributed by atoms with Gasteiger partial charge >= 0.3 is 0 Å². The number of benzene rings is 2. The summed E-state index contributed by atoms with van der Waals surface area (Å²) < 4.78 is 0. The van der Waals surface area contributed by atoms with E-state index in [2.05, 4.69) is 117 Å². The normalized spacial score (nSPS) is 22.6. The highest BCUT2D eigenvalue weighted by Gasteiger charge is 2.54. The Kier molecular flexibility index (Phi) is 3.84. The van der Waals surface area contributed by atoms with E-state index in [4.69, 9.17) is 0 Å². The van der Waals surface area contributed by atoms with E-state index in [1.807, 2.05) is 0 Å². The van der Waals surface area contributed by atoms with Gasteiger partial charge in [0.15, 0.2) is 0 Å². The zero-order chi connectivity index (χ0) is 17.3. The molecule has 0 heterocycles. The average Bonchev–Trinajstić information content (AvgIpc) is 3.29. The van der Waals surface area contributed by atoms with Crippen molar-refractivity contribution in [2.24, 2.45) is 11.3 Å². The molecule has 0 radical (unpaired) electrons. The van der Waals surface area contributed by atoms with E-state index in [0.717, 1.165) is 0 Å². The van der Waals surface area contributed by atoms with Gasteiger partial charge in [-0.3, -0.25) is 0 Å². The SMILES string of the molecule is CC1=CC=CC1(C)C(c1ccccc1)(c1ccccc1)C1C=CC=C1. The predicted octanol–water partition coefficient (Wildman–Crippen LogP) is 6.24. The largest absolute Gasteiger partial charge is 0.0763 e. The van der Waals surface area contributed by atoms with Crippen LogP contribution >= 0.6 is 0 Å². The lowest BCUT2D eigenvalue weighted by atomic mass is 9.50. The molecule has 0 amide bonds. The Morgan fingerprint density at radius 2 is 1.28 bits per heavy atom. The van der Waals surface area contributed by atoms with Gasteiger partial charge in [0.1, 0.15) is 0 Å². The summed E-state index contributed by atoms with van der Waals surface area (Å²) in [6.07, 6.45) is 16.0. The number of allylic oxidation sites excluding steroid dienone is 8. The Morgan fingerprint density at radius 3 is 1.72 bits per heavy atom. The third kappa shape index (κ3) is 2.21. The molecule has 0 spiro atoms. The fourth-order valence-electron chi connectivity index (χ4n) is 4.75. The molecule has 0 saturated carbocycles. The van der Waals surface area contributed by atoms with Gasteiger partial charge in [-0.1, -0.05) is 116 Å². The minimum atomic E-state index is -0.174. The predicted molar refractivity (Wildman–Crippen MR) is 106 cm³/mol. The fraction of sp³-hybridized carbons (Fsp3) is 0.200. The molecule has 2 aliphatic rings. The zero-order valence-corrected chi connectivity index (χ0v) is 14.9. The monoisotopic (exact) mass is 324 g/mol. The van der Waals surface area contributed by atoms with Crippen LogP contribution in [0.2, 0.25) is 0 Å². The Hall–Kier alpha value is -2.60. The lowest BCUT2D eigenvalue weighted by Gasteiger charge is -2.51. The molecule has 1 atom stereocenters. The molecule has 0 N–H and O–H groups in total. The Bertz CT molecular complexity index is 813. The molecule has 124 valence electrons. The highest BCUT2D eigenvalue weighted by molar-refractivity contribution is 5.54. The smallest absolute Gasteiger partial charge is 0.0425 e. The van der Waals surface area contributed by atoms with Crippen molar-refractivity contribution in [2.75, 3.05) is 0 Å². The summed E-state index contributed by atoms with van der Waals surface area (Å²) in [5, 5.41) is 0. The maximum absolute atomic E-state index is 2.39. The highest BCUT2D eigenvalue weighted by Crippen LogP contribution is 2.59. The standard InChI is InChI=1S/C25H24/c1-20-12-11-19-24(20,2)25(23-17-9-10-18-23,21-13-5-3-6-14-21)22-15-7-4-8-16-22/h3-19,23H,1-2H3. The van der Waals surface area contributed by atoms with Crippen molar-refractivity contribution in [3.05, 3.63) is 120 Å². The molecule has 2 aliphatic carbocycles. The van der Waals surface area contributed by atoms with E-state index < -0.39 is 0 Å². The van der Waals surface area contributed by atoms with Crippen molar-refractivity contribution in [2.45, 2.75) is 19.3 Å². The minimum absolute atomic E-state index is 0.0839. The molecule has 1 unspecified atom stereocenters. The maximum atomic E-state index is 2.39. The first kappa shape index (κ1) is 15.9. The molecule has 0 bridgehead atoms. The second kappa shape index (κ2) is 6.04. The molecule has 2 aromatic carbocycles. The van der Waals surface area contributed by atoms with E-state index in [0.29, 0.717) is 5.92 Å². The molecule has 4 rings (SSSR count). The first-order valence-electron chi connectivity index (χ1n) is 9.02. The van der Waals surface area contributed by atoms with Crippen molar-refractivity contribution in [3.8, 4) is 0 Å². The van der Waals surface area contributed by atoms with Gasteiger partial charge in [-0.25, -0.2) is 0 Å². The first-order chi connectivity index (χ1) is 12.2. The summed E-state index contributed by atoms with van der Waals surface area (Å²) in [6.45, 7) is 4.66. The van der Waals surface area contributed by atoms with Crippen LogP contribution in [-0.4, -0.2) is 0 Å². The van der Waals surface area contributed by atoms with Crippen LogP contribution in [0.1, 0.15) is 25.0 Å². The van der Waals surface area contributed by atoms with E-state index in [9.17, 15) is 0 Å². The van der Waals surface area contributed by atoms with E-state index in [1.54, 1.807) is 0 Å². The summed E-state index contributed by atoms with van der Waals surface area (Å²) in [4.78, 5) is 0. The summed E-state index contributed by atoms with van der Waals surface area (Å²) in [7, 11) is 0. The van der Waals surface area contributed by atoms with Gasteiger partial charge in [0, 0.05) is 16.7 Å². The zero-order valence-electron chi connectivity index (χ0n) is 14.9. The van der Waals surface area contributed by atoms with Crippen LogP contribution in [0.5, 0.6) is 0 Å². The third-order valence-electron chi connectivity index (χ3n) is 6.12. The topological polar surface area (TPSA) is 0 Å². The van der Waals surface area contributed by atoms with Crippen LogP contribution in [-0.2, 0) is 5.41 Å². The molecule has 0 saturated heterocycles. The van der Waals surface area contributed by atoms with E-state index >= 15 is 0 Å². The van der Waals surface area contributed by atoms with Gasteiger partial charge in [-0.05, 0) is 18.1 Å². The summed E-state index contributed by atoms with van der Waals surface area (Å²) in [5.41, 5.74) is 3.88. The van der Waals surface area contributed by atoms with Crippen molar-refractivity contribution < 1.29 is 0 Å². The van der Waals surface area contributed by atoms with E-state index in [-0.39, 0.29) is 10.8 Å². The van der Waals surface area contributed by atoms with E-state index in [1.165, 1.54) is 16.7 Å². The van der Waals surface area contributed by atoms with Crippen LogP contribution in [0, 0.1) is 11.3 Å². The van der Waals surface area contributed by atoms with Crippen LogP contribution in [0.3, 0.4) is 0 Å². The van der Waals surface area contributed by atoms with Crippen molar-refractivity contribution >= 4 is 0 Å². The Labute approximate surface area is 150 Å². The second-order valence-electron chi connectivity index (χ2n) is 7.25. The fourth-order valence-corrected chi connectivity index (χ4v) is 4.75. The second-order valence-corrected chi connectivity index (χ2v) is 7.25. The summed E-state index contributed by atoms with van der Waals surface area (Å²) in [5.74, 6) is 0.313. The van der Waals surface area contributed by atoms with Crippen LogP contribution < -0.4 is 0 Å². The van der Waals surface area contributed by atoms with Gasteiger partial charge in [0.25, 0.3) is 0 Å². The minimum Gasteiger partial charge on any atom is -0.0763 e. The first-order valence-corrected chi connectivity index (χ1v) is 9.02. The molecule has 2 aromatic rings. The Morgan fingerprint density at radius 1 is 0.760 bits per heavy atom. The molecule has 0 nitrogen and oxygen atoms in total. The highest BCUT2D eigenvalue weighted by atomic mass is 14.6. The molecule has 25 heavy (non-hydrogen) atoms. The van der Waals surface area contributed by atoms with Crippen LogP contribution in [0.4, 0.5) is 0 Å². The van der Waals surface area contributed by atoms with Crippen LogP contribution in [0.15, 0.2) is 109 Å². The van der Waals surface area contributed by atoms with Gasteiger partial charge in [-0.2, -0.15) is 0 Å². The van der Waals surface area contributed by atoms with Crippen molar-refractivity contribution in [1.82, 2.24) is 0 Å². The van der Waals surface area contributed by atoms with Crippen molar-refractivity contribution in [3.63, 3.8) is 0 Å². The molecule has 0 fully saturated rings. The molecule has 0 aliphatic heterocycles. The number of hydrogen-bond donors (Lipinski definition) is 0. The lowest BCUT2D eigenvalue weighted by molar-refractivity contribution is 0.255. The Balaban J connectivity index is 2.09.